The van der Waals surface area contributed by atoms with Gasteiger partial charge in [0.25, 0.3) is 0 Å². The summed E-state index contributed by atoms with van der Waals surface area (Å²) in [5.41, 5.74) is 0.223. The van der Waals surface area contributed by atoms with Gasteiger partial charge in [-0.15, -0.1) is 0 Å². The van der Waals surface area contributed by atoms with Gasteiger partial charge in [-0.05, 0) is 31.7 Å². The highest BCUT2D eigenvalue weighted by atomic mass is 16.6. The van der Waals surface area contributed by atoms with Crippen molar-refractivity contribution in [2.24, 2.45) is 0 Å². The first kappa shape index (κ1) is 10.3. The molecule has 0 radical (unpaired) electrons. The Morgan fingerprint density at radius 1 is 1.44 bits per heavy atom. The Balaban J connectivity index is 1.79. The summed E-state index contributed by atoms with van der Waals surface area (Å²) in [5.74, 6) is 0. The molecule has 3 atom stereocenters. The lowest BCUT2D eigenvalue weighted by atomic mass is 9.82. The van der Waals surface area contributed by atoms with Crippen LogP contribution in [0.3, 0.4) is 0 Å². The smallest absolute Gasteiger partial charge is 0.123 e. The first-order valence-electron chi connectivity index (χ1n) is 6.08. The second kappa shape index (κ2) is 3.31. The lowest BCUT2D eigenvalue weighted by Gasteiger charge is -2.29. The zero-order valence-corrected chi connectivity index (χ0v) is 9.65. The molecular weight excluding hydrogens is 200 g/mol. The van der Waals surface area contributed by atoms with Gasteiger partial charge in [-0.1, -0.05) is 30.3 Å². The van der Waals surface area contributed by atoms with Crippen molar-refractivity contribution < 1.29 is 9.84 Å². The molecule has 2 fully saturated rings. The van der Waals surface area contributed by atoms with E-state index < -0.39 is 5.60 Å². The van der Waals surface area contributed by atoms with Crippen LogP contribution < -0.4 is 0 Å². The Morgan fingerprint density at radius 2 is 2.19 bits per heavy atom. The van der Waals surface area contributed by atoms with Crippen molar-refractivity contribution in [1.29, 1.82) is 0 Å². The summed E-state index contributed by atoms with van der Waals surface area (Å²) in [7, 11) is 0. The minimum atomic E-state index is -0.727. The molecule has 1 unspecified atom stereocenters. The van der Waals surface area contributed by atoms with Crippen molar-refractivity contribution in [3.63, 3.8) is 0 Å². The molecular formula is C14H18O2. The molecule has 1 aliphatic heterocycles. The van der Waals surface area contributed by atoms with Crippen LogP contribution in [0.1, 0.15) is 31.7 Å². The van der Waals surface area contributed by atoms with E-state index in [-0.39, 0.29) is 5.60 Å². The van der Waals surface area contributed by atoms with Crippen LogP contribution in [0.15, 0.2) is 30.3 Å². The van der Waals surface area contributed by atoms with E-state index in [1.807, 2.05) is 25.1 Å². The quantitative estimate of drug-likeness (QED) is 0.790. The number of ether oxygens (including phenoxy) is 1. The number of rotatable bonds is 3. The van der Waals surface area contributed by atoms with E-state index in [4.69, 9.17) is 4.74 Å². The van der Waals surface area contributed by atoms with Crippen molar-refractivity contribution in [3.8, 4) is 0 Å². The highest BCUT2D eigenvalue weighted by Gasteiger charge is 2.68. The van der Waals surface area contributed by atoms with Gasteiger partial charge in [0.2, 0.25) is 0 Å². The summed E-state index contributed by atoms with van der Waals surface area (Å²) in [6.45, 7) is 1.92. The van der Waals surface area contributed by atoms with Crippen LogP contribution >= 0.6 is 0 Å². The number of hydrogen-bond acceptors (Lipinski definition) is 2. The molecule has 3 rings (SSSR count). The van der Waals surface area contributed by atoms with Gasteiger partial charge in [0.05, 0.1) is 11.7 Å². The van der Waals surface area contributed by atoms with Gasteiger partial charge >= 0.3 is 0 Å². The third kappa shape index (κ3) is 1.40. The van der Waals surface area contributed by atoms with Crippen LogP contribution in [0.4, 0.5) is 0 Å². The number of benzene rings is 1. The molecule has 1 N–H and O–H groups in total. The Hall–Kier alpha value is -0.860. The van der Waals surface area contributed by atoms with Crippen molar-refractivity contribution >= 4 is 0 Å². The fourth-order valence-electron chi connectivity index (χ4n) is 3.17. The summed E-state index contributed by atoms with van der Waals surface area (Å²) < 4.78 is 5.73. The Labute approximate surface area is 96.2 Å². The predicted molar refractivity (Wildman–Crippen MR) is 62.2 cm³/mol. The van der Waals surface area contributed by atoms with Crippen molar-refractivity contribution in [3.05, 3.63) is 35.9 Å². The van der Waals surface area contributed by atoms with Gasteiger partial charge in [0.1, 0.15) is 5.60 Å². The Kier molecular flexibility index (Phi) is 2.13. The summed E-state index contributed by atoms with van der Waals surface area (Å²) in [4.78, 5) is 0. The topological polar surface area (TPSA) is 32.8 Å². The second-order valence-corrected chi connectivity index (χ2v) is 5.32. The maximum atomic E-state index is 10.6. The maximum Gasteiger partial charge on any atom is 0.123 e. The number of fused-ring (bicyclic) bond motifs is 1. The average molecular weight is 218 g/mol. The molecule has 1 aromatic carbocycles. The van der Waals surface area contributed by atoms with E-state index in [1.54, 1.807) is 0 Å². The average Bonchev–Trinajstić information content (AvgIpc) is 2.84. The van der Waals surface area contributed by atoms with E-state index in [0.717, 1.165) is 12.8 Å². The zero-order chi connectivity index (χ0) is 11.2. The largest absolute Gasteiger partial charge is 0.387 e. The summed E-state index contributed by atoms with van der Waals surface area (Å²) >= 11 is 0. The van der Waals surface area contributed by atoms with Crippen molar-refractivity contribution in [2.75, 3.05) is 0 Å². The van der Waals surface area contributed by atoms with E-state index >= 15 is 0 Å². The molecule has 0 bridgehead atoms. The van der Waals surface area contributed by atoms with Gasteiger partial charge in [-0.25, -0.2) is 0 Å². The van der Waals surface area contributed by atoms with Crippen molar-refractivity contribution in [1.82, 2.24) is 0 Å². The highest BCUT2D eigenvalue weighted by Crippen LogP contribution is 2.56. The molecule has 1 aliphatic carbocycles. The van der Waals surface area contributed by atoms with Crippen molar-refractivity contribution in [2.45, 2.75) is 49.9 Å². The third-order valence-electron chi connectivity index (χ3n) is 4.13. The molecule has 0 aromatic heterocycles. The third-order valence-corrected chi connectivity index (χ3v) is 4.13. The summed E-state index contributed by atoms with van der Waals surface area (Å²) in [5, 5.41) is 10.6. The lowest BCUT2D eigenvalue weighted by molar-refractivity contribution is -0.0251. The minimum absolute atomic E-state index is 0.233. The second-order valence-electron chi connectivity index (χ2n) is 5.32. The van der Waals surface area contributed by atoms with E-state index in [1.165, 1.54) is 12.0 Å². The number of epoxide rings is 1. The van der Waals surface area contributed by atoms with E-state index in [9.17, 15) is 5.11 Å². The predicted octanol–water partition coefficient (Wildman–Crippen LogP) is 2.30. The van der Waals surface area contributed by atoms with Crippen LogP contribution in [-0.4, -0.2) is 22.4 Å². The molecule has 0 spiro atoms. The van der Waals surface area contributed by atoms with Gasteiger partial charge in [0, 0.05) is 6.42 Å². The Bertz CT molecular complexity index is 385. The standard InChI is InChI=1S/C14H18O2/c1-13(15,10-11-6-3-2-4-7-11)14-9-5-8-12(14)16-14/h2-4,6-7,12,15H,5,8-10H2,1H3/t12-,13?,14+/m0/s1. The fraction of sp³-hybridized carbons (Fsp3) is 0.571. The Morgan fingerprint density at radius 3 is 2.75 bits per heavy atom. The van der Waals surface area contributed by atoms with Gasteiger partial charge < -0.3 is 9.84 Å². The van der Waals surface area contributed by atoms with Crippen LogP contribution in [0.2, 0.25) is 0 Å². The molecule has 1 saturated heterocycles. The van der Waals surface area contributed by atoms with Crippen LogP contribution in [-0.2, 0) is 11.2 Å². The molecule has 1 aromatic rings. The molecule has 2 nitrogen and oxygen atoms in total. The minimum Gasteiger partial charge on any atom is -0.387 e. The molecule has 2 heteroatoms. The molecule has 2 aliphatic rings. The molecule has 0 amide bonds. The van der Waals surface area contributed by atoms with Gasteiger partial charge in [0.15, 0.2) is 0 Å². The monoisotopic (exact) mass is 218 g/mol. The molecule has 16 heavy (non-hydrogen) atoms. The van der Waals surface area contributed by atoms with E-state index in [0.29, 0.717) is 12.5 Å². The van der Waals surface area contributed by atoms with Crippen LogP contribution in [0, 0.1) is 0 Å². The lowest BCUT2D eigenvalue weighted by Crippen LogP contribution is -2.44. The fourth-order valence-corrected chi connectivity index (χ4v) is 3.17. The van der Waals surface area contributed by atoms with Gasteiger partial charge in [-0.3, -0.25) is 0 Å². The summed E-state index contributed by atoms with van der Waals surface area (Å²) in [6.07, 6.45) is 4.31. The van der Waals surface area contributed by atoms with Gasteiger partial charge in [-0.2, -0.15) is 0 Å². The normalized spacial score (nSPS) is 35.5. The zero-order valence-electron chi connectivity index (χ0n) is 9.65. The number of hydrogen-bond donors (Lipinski definition) is 1. The maximum absolute atomic E-state index is 10.6. The molecule has 1 saturated carbocycles. The highest BCUT2D eigenvalue weighted by molar-refractivity contribution is 5.24. The first-order valence-corrected chi connectivity index (χ1v) is 6.08. The number of aliphatic hydroxyl groups is 1. The summed E-state index contributed by atoms with van der Waals surface area (Å²) in [6, 6.07) is 10.2. The first-order chi connectivity index (χ1) is 7.64. The molecule has 86 valence electrons. The molecule has 1 heterocycles. The van der Waals surface area contributed by atoms with Crippen LogP contribution in [0.5, 0.6) is 0 Å². The van der Waals surface area contributed by atoms with E-state index in [2.05, 4.69) is 12.1 Å². The van der Waals surface area contributed by atoms with Crippen LogP contribution in [0.25, 0.3) is 0 Å². The SMILES string of the molecule is CC(O)(Cc1ccccc1)[C@@]12CCC[C@@H]1O2.